The molecule has 0 aliphatic carbocycles. The quantitative estimate of drug-likeness (QED) is 0.181. The molecule has 0 aromatic heterocycles. The Morgan fingerprint density at radius 2 is 1.79 bits per heavy atom. The third-order valence-electron chi connectivity index (χ3n) is 4.25. The first kappa shape index (κ1) is 27.5. The van der Waals surface area contributed by atoms with Gasteiger partial charge in [0.2, 0.25) is 5.91 Å². The number of guanidine groups is 1. The number of rotatable bonds is 11. The van der Waals surface area contributed by atoms with Crippen LogP contribution in [-0.4, -0.2) is 62.1 Å². The molecule has 0 radical (unpaired) electrons. The second-order valence-corrected chi connectivity index (χ2v) is 7.26. The average Bonchev–Trinajstić information content (AvgIpc) is 2.62. The molecule has 1 rings (SSSR count). The van der Waals surface area contributed by atoms with Crippen molar-refractivity contribution < 1.29 is 9.53 Å². The first-order valence-corrected chi connectivity index (χ1v) is 10.0. The molecule has 0 fully saturated rings. The molecule has 29 heavy (non-hydrogen) atoms. The smallest absolute Gasteiger partial charge is 0.221 e. The largest absolute Gasteiger partial charge is 0.492 e. The van der Waals surface area contributed by atoms with Gasteiger partial charge in [0.15, 0.2) is 5.96 Å². The Morgan fingerprint density at radius 3 is 2.38 bits per heavy atom. The monoisotopic (exact) mass is 519 g/mol. The van der Waals surface area contributed by atoms with E-state index in [1.165, 1.54) is 6.92 Å². The first-order chi connectivity index (χ1) is 13.3. The maximum absolute atomic E-state index is 11.1. The maximum Gasteiger partial charge on any atom is 0.221 e. The number of benzene rings is 1. The van der Waals surface area contributed by atoms with Crippen LogP contribution in [0.1, 0.15) is 41.0 Å². The third kappa shape index (κ3) is 11.9. The molecule has 0 saturated carbocycles. The van der Waals surface area contributed by atoms with E-state index in [1.54, 1.807) is 7.05 Å². The lowest BCUT2D eigenvalue weighted by Gasteiger charge is -2.30. The van der Waals surface area contributed by atoms with Crippen LogP contribution < -0.4 is 20.7 Å². The first-order valence-electron chi connectivity index (χ1n) is 10.0. The number of nitrogens with one attached hydrogen (secondary N) is 3. The van der Waals surface area contributed by atoms with Crippen molar-refractivity contribution in [3.63, 3.8) is 0 Å². The predicted octanol–water partition coefficient (Wildman–Crippen LogP) is 3.32. The van der Waals surface area contributed by atoms with Gasteiger partial charge in [-0.25, -0.2) is 0 Å². The number of hydrogen-bond donors (Lipinski definition) is 3. The van der Waals surface area contributed by atoms with Crippen LogP contribution in [0.25, 0.3) is 0 Å². The highest BCUT2D eigenvalue weighted by molar-refractivity contribution is 14.0. The molecule has 0 heterocycles. The van der Waals surface area contributed by atoms with Gasteiger partial charge in [0.05, 0.1) is 6.54 Å². The topological polar surface area (TPSA) is 78.0 Å². The SMILES string of the molecule is CN=C(NCCCN(C(C)C)C(C)C)NCCOc1cccc(NC(C)=O)c1.I. The van der Waals surface area contributed by atoms with E-state index in [2.05, 4.69) is 53.5 Å². The highest BCUT2D eigenvalue weighted by Gasteiger charge is 2.12. The summed E-state index contributed by atoms with van der Waals surface area (Å²) in [5.41, 5.74) is 0.729. The Kier molecular flexibility index (Phi) is 14.5. The van der Waals surface area contributed by atoms with E-state index in [1.807, 2.05) is 24.3 Å². The van der Waals surface area contributed by atoms with E-state index in [-0.39, 0.29) is 29.9 Å². The second-order valence-electron chi connectivity index (χ2n) is 7.26. The number of amides is 1. The molecule has 7 nitrogen and oxygen atoms in total. The van der Waals surface area contributed by atoms with Gasteiger partial charge in [-0.05, 0) is 46.2 Å². The Balaban J connectivity index is 0.00000784. The van der Waals surface area contributed by atoms with Crippen LogP contribution in [0, 0.1) is 0 Å². The Hall–Kier alpha value is -1.55. The summed E-state index contributed by atoms with van der Waals surface area (Å²) < 4.78 is 5.73. The van der Waals surface area contributed by atoms with Crippen molar-refractivity contribution in [1.29, 1.82) is 0 Å². The minimum Gasteiger partial charge on any atom is -0.492 e. The van der Waals surface area contributed by atoms with Crippen molar-refractivity contribution in [2.45, 2.75) is 53.1 Å². The molecule has 8 heteroatoms. The number of carbonyl (C=O) groups is 1. The number of anilines is 1. The summed E-state index contributed by atoms with van der Waals surface area (Å²) in [6, 6.07) is 8.47. The van der Waals surface area contributed by atoms with Crippen molar-refractivity contribution in [3.05, 3.63) is 24.3 Å². The number of halogens is 1. The van der Waals surface area contributed by atoms with Gasteiger partial charge in [-0.3, -0.25) is 14.7 Å². The van der Waals surface area contributed by atoms with Crippen molar-refractivity contribution >= 4 is 41.5 Å². The van der Waals surface area contributed by atoms with Crippen molar-refractivity contribution in [1.82, 2.24) is 15.5 Å². The van der Waals surface area contributed by atoms with E-state index in [4.69, 9.17) is 4.74 Å². The Bertz CT molecular complexity index is 615. The van der Waals surface area contributed by atoms with Crippen LogP contribution in [-0.2, 0) is 4.79 Å². The van der Waals surface area contributed by atoms with Gasteiger partial charge in [-0.2, -0.15) is 0 Å². The summed E-state index contributed by atoms with van der Waals surface area (Å²) in [6.45, 7) is 13.5. The van der Waals surface area contributed by atoms with Gasteiger partial charge in [-0.15, -0.1) is 24.0 Å². The predicted molar refractivity (Wildman–Crippen MR) is 133 cm³/mol. The lowest BCUT2D eigenvalue weighted by Crippen LogP contribution is -2.42. The van der Waals surface area contributed by atoms with E-state index < -0.39 is 0 Å². The number of aliphatic imine (C=N–C) groups is 1. The van der Waals surface area contributed by atoms with Crippen molar-refractivity contribution in [2.75, 3.05) is 38.6 Å². The summed E-state index contributed by atoms with van der Waals surface area (Å²) in [5.74, 6) is 1.40. The van der Waals surface area contributed by atoms with E-state index >= 15 is 0 Å². The molecule has 0 aliphatic heterocycles. The summed E-state index contributed by atoms with van der Waals surface area (Å²) >= 11 is 0. The number of carbonyl (C=O) groups excluding carboxylic acids is 1. The molecular weight excluding hydrogens is 481 g/mol. The lowest BCUT2D eigenvalue weighted by atomic mass is 10.2. The molecule has 3 N–H and O–H groups in total. The second kappa shape index (κ2) is 15.3. The molecule has 0 unspecified atom stereocenters. The zero-order valence-electron chi connectivity index (χ0n) is 18.6. The molecule has 1 aromatic rings. The summed E-state index contributed by atoms with van der Waals surface area (Å²) in [4.78, 5) is 17.9. The van der Waals surface area contributed by atoms with Gasteiger partial charge in [0.25, 0.3) is 0 Å². The minimum atomic E-state index is -0.0985. The van der Waals surface area contributed by atoms with Crippen LogP contribution in [0.4, 0.5) is 5.69 Å². The van der Waals surface area contributed by atoms with Crippen LogP contribution in [0.5, 0.6) is 5.75 Å². The summed E-state index contributed by atoms with van der Waals surface area (Å²) in [5, 5.41) is 9.34. The van der Waals surface area contributed by atoms with Crippen LogP contribution >= 0.6 is 24.0 Å². The molecule has 0 bridgehead atoms. The zero-order valence-corrected chi connectivity index (χ0v) is 20.9. The van der Waals surface area contributed by atoms with Gasteiger partial charge in [0.1, 0.15) is 12.4 Å². The fourth-order valence-corrected chi connectivity index (χ4v) is 3.01. The highest BCUT2D eigenvalue weighted by atomic mass is 127. The lowest BCUT2D eigenvalue weighted by molar-refractivity contribution is -0.114. The summed E-state index contributed by atoms with van der Waals surface area (Å²) in [6.07, 6.45) is 1.06. The van der Waals surface area contributed by atoms with Gasteiger partial charge < -0.3 is 20.7 Å². The Morgan fingerprint density at radius 1 is 1.14 bits per heavy atom. The van der Waals surface area contributed by atoms with Crippen LogP contribution in [0.3, 0.4) is 0 Å². The molecule has 0 aliphatic rings. The normalized spacial score (nSPS) is 11.4. The van der Waals surface area contributed by atoms with Gasteiger partial charge in [-0.1, -0.05) is 6.07 Å². The van der Waals surface area contributed by atoms with Crippen LogP contribution in [0.15, 0.2) is 29.3 Å². The third-order valence-corrected chi connectivity index (χ3v) is 4.25. The Labute approximate surface area is 193 Å². The zero-order chi connectivity index (χ0) is 20.9. The molecule has 166 valence electrons. The molecule has 0 saturated heterocycles. The van der Waals surface area contributed by atoms with Gasteiger partial charge >= 0.3 is 0 Å². The standard InChI is InChI=1S/C21H37N5O2.HI/c1-16(2)26(17(3)4)13-8-11-23-21(22-6)24-12-14-28-20-10-7-9-19(15-20)25-18(5)27;/h7,9-10,15-17H,8,11-14H2,1-6H3,(H,25,27)(H2,22,23,24);1H. The fourth-order valence-electron chi connectivity index (χ4n) is 3.01. The van der Waals surface area contributed by atoms with Gasteiger partial charge in [0, 0.05) is 50.9 Å². The molecular formula is C21H38IN5O2. The van der Waals surface area contributed by atoms with Crippen LogP contribution in [0.2, 0.25) is 0 Å². The van der Waals surface area contributed by atoms with Crippen molar-refractivity contribution in [3.8, 4) is 5.75 Å². The fraction of sp³-hybridized carbons (Fsp3) is 0.619. The number of hydrogen-bond acceptors (Lipinski definition) is 4. The average molecular weight is 519 g/mol. The minimum absolute atomic E-state index is 0. The maximum atomic E-state index is 11.1. The van der Waals surface area contributed by atoms with E-state index in [9.17, 15) is 4.79 Å². The van der Waals surface area contributed by atoms with E-state index in [0.29, 0.717) is 25.2 Å². The molecule has 0 spiro atoms. The number of nitrogens with zero attached hydrogens (tertiary/aromatic N) is 2. The molecule has 1 aromatic carbocycles. The number of ether oxygens (including phenoxy) is 1. The summed E-state index contributed by atoms with van der Waals surface area (Å²) in [7, 11) is 1.77. The highest BCUT2D eigenvalue weighted by Crippen LogP contribution is 2.17. The van der Waals surface area contributed by atoms with E-state index in [0.717, 1.165) is 36.9 Å². The molecule has 0 atom stereocenters. The van der Waals surface area contributed by atoms with Crippen molar-refractivity contribution in [2.24, 2.45) is 4.99 Å². The molecule has 1 amide bonds.